The van der Waals surface area contributed by atoms with Crippen LogP contribution in [0.5, 0.6) is 5.75 Å². The molecule has 5 nitrogen and oxygen atoms in total. The lowest BCUT2D eigenvalue weighted by Gasteiger charge is -2.21. The van der Waals surface area contributed by atoms with Gasteiger partial charge in [0.2, 0.25) is 5.91 Å². The zero-order chi connectivity index (χ0) is 16.3. The topological polar surface area (TPSA) is 58.6 Å². The number of nitrogens with one attached hydrogen (secondary N) is 1. The van der Waals surface area contributed by atoms with Gasteiger partial charge in [0, 0.05) is 25.2 Å². The molecule has 0 unspecified atom stereocenters. The van der Waals surface area contributed by atoms with Crippen LogP contribution in [0.15, 0.2) is 12.1 Å². The number of methoxy groups -OCH3 is 1. The van der Waals surface area contributed by atoms with E-state index in [1.54, 1.807) is 4.90 Å². The largest absolute Gasteiger partial charge is 0.497 e. The number of carbonyl (C=O) groups excluding carboxylic acids is 2. The van der Waals surface area contributed by atoms with Gasteiger partial charge in [0.05, 0.1) is 7.11 Å². The lowest BCUT2D eigenvalue weighted by molar-refractivity contribution is -0.131. The van der Waals surface area contributed by atoms with Crippen LogP contribution in [-0.2, 0) is 4.79 Å². The molecule has 1 aliphatic heterocycles. The maximum atomic E-state index is 13.8. The molecule has 0 aliphatic carbocycles. The fourth-order valence-electron chi connectivity index (χ4n) is 2.43. The number of likely N-dealkylation sites (tertiary alicyclic amines) is 1. The molecule has 1 saturated heterocycles. The third kappa shape index (κ3) is 3.35. The summed E-state index contributed by atoms with van der Waals surface area (Å²) in [7, 11) is 1.27. The van der Waals surface area contributed by atoms with Crippen LogP contribution in [0, 0.1) is 11.6 Å². The van der Waals surface area contributed by atoms with E-state index in [9.17, 15) is 18.4 Å². The van der Waals surface area contributed by atoms with Gasteiger partial charge in [-0.1, -0.05) is 0 Å². The van der Waals surface area contributed by atoms with Crippen molar-refractivity contribution in [2.75, 3.05) is 20.2 Å². The number of hydrogen-bond donors (Lipinski definition) is 1. The Kier molecular flexibility index (Phi) is 4.95. The van der Waals surface area contributed by atoms with Crippen LogP contribution in [0.4, 0.5) is 8.78 Å². The fraction of sp³-hybridized carbons (Fsp3) is 0.467. The van der Waals surface area contributed by atoms with Crippen molar-refractivity contribution in [3.8, 4) is 5.75 Å². The first-order valence-corrected chi connectivity index (χ1v) is 7.06. The van der Waals surface area contributed by atoms with E-state index in [-0.39, 0.29) is 11.7 Å². The molecule has 22 heavy (non-hydrogen) atoms. The summed E-state index contributed by atoms with van der Waals surface area (Å²) in [5.41, 5.74) is -0.720. The molecule has 0 spiro atoms. The lowest BCUT2D eigenvalue weighted by atomic mass is 10.1. The van der Waals surface area contributed by atoms with Crippen LogP contribution >= 0.6 is 0 Å². The van der Waals surface area contributed by atoms with Crippen molar-refractivity contribution in [2.24, 2.45) is 0 Å². The maximum absolute atomic E-state index is 13.8. The Labute approximate surface area is 127 Å². The number of benzene rings is 1. The molecule has 120 valence electrons. The Morgan fingerprint density at radius 1 is 1.23 bits per heavy atom. The number of hydrogen-bond acceptors (Lipinski definition) is 3. The molecule has 0 saturated carbocycles. The first kappa shape index (κ1) is 16.2. The number of carbonyl (C=O) groups is 2. The van der Waals surface area contributed by atoms with Crippen molar-refractivity contribution in [1.29, 1.82) is 0 Å². The SMILES string of the molecule is COc1cc(F)c(C(=O)N[C@@H](C)C(=O)N2CCCC2)c(F)c1. The van der Waals surface area contributed by atoms with Crippen LogP contribution < -0.4 is 10.1 Å². The molecule has 1 atom stereocenters. The Morgan fingerprint density at radius 3 is 2.27 bits per heavy atom. The summed E-state index contributed by atoms with van der Waals surface area (Å²) in [6.45, 7) is 2.78. The summed E-state index contributed by atoms with van der Waals surface area (Å²) in [6.07, 6.45) is 1.85. The molecule has 7 heteroatoms. The normalized spacial score (nSPS) is 15.5. The minimum Gasteiger partial charge on any atom is -0.497 e. The zero-order valence-corrected chi connectivity index (χ0v) is 12.5. The number of halogens is 2. The van der Waals surface area contributed by atoms with E-state index in [0.717, 1.165) is 25.0 Å². The summed E-state index contributed by atoms with van der Waals surface area (Å²) in [5.74, 6) is -3.30. The van der Waals surface area contributed by atoms with E-state index < -0.39 is 29.1 Å². The Balaban J connectivity index is 2.10. The summed E-state index contributed by atoms with van der Waals surface area (Å²) in [5, 5.41) is 2.34. The predicted molar refractivity (Wildman–Crippen MR) is 75.7 cm³/mol. The maximum Gasteiger partial charge on any atom is 0.257 e. The van der Waals surface area contributed by atoms with Gasteiger partial charge in [-0.2, -0.15) is 0 Å². The van der Waals surface area contributed by atoms with Gasteiger partial charge in [0.15, 0.2) is 0 Å². The molecule has 1 aliphatic rings. The summed E-state index contributed by atoms with van der Waals surface area (Å²) >= 11 is 0. The van der Waals surface area contributed by atoms with E-state index in [4.69, 9.17) is 4.74 Å². The highest BCUT2D eigenvalue weighted by atomic mass is 19.1. The summed E-state index contributed by atoms with van der Waals surface area (Å²) in [4.78, 5) is 25.7. The third-order valence-corrected chi connectivity index (χ3v) is 3.61. The van der Waals surface area contributed by atoms with E-state index in [0.29, 0.717) is 13.1 Å². The minimum atomic E-state index is -1.03. The number of ether oxygens (including phenoxy) is 1. The van der Waals surface area contributed by atoms with E-state index in [2.05, 4.69) is 5.32 Å². The highest BCUT2D eigenvalue weighted by Crippen LogP contribution is 2.20. The second-order valence-electron chi connectivity index (χ2n) is 5.19. The average Bonchev–Trinajstić information content (AvgIpc) is 2.99. The number of amides is 2. The van der Waals surface area contributed by atoms with Crippen LogP contribution in [0.1, 0.15) is 30.1 Å². The molecule has 2 rings (SSSR count). The van der Waals surface area contributed by atoms with Crippen molar-refractivity contribution in [1.82, 2.24) is 10.2 Å². The highest BCUT2D eigenvalue weighted by molar-refractivity contribution is 5.98. The molecule has 1 aromatic carbocycles. The standard InChI is InChI=1S/C15H18F2N2O3/c1-9(15(21)19-5-3-4-6-19)18-14(20)13-11(16)7-10(22-2)8-12(13)17/h7-9H,3-6H2,1-2H3,(H,18,20)/t9-/m0/s1. The number of rotatable bonds is 4. The first-order chi connectivity index (χ1) is 10.4. The van der Waals surface area contributed by atoms with Crippen molar-refractivity contribution in [2.45, 2.75) is 25.8 Å². The van der Waals surface area contributed by atoms with Crippen molar-refractivity contribution in [3.63, 3.8) is 0 Å². The van der Waals surface area contributed by atoms with Crippen LogP contribution in [0.2, 0.25) is 0 Å². The van der Waals surface area contributed by atoms with Gasteiger partial charge in [0.25, 0.3) is 5.91 Å². The van der Waals surface area contributed by atoms with Gasteiger partial charge in [0.1, 0.15) is 29.0 Å². The van der Waals surface area contributed by atoms with Crippen molar-refractivity contribution in [3.05, 3.63) is 29.3 Å². The average molecular weight is 312 g/mol. The molecule has 2 amide bonds. The molecular weight excluding hydrogens is 294 g/mol. The third-order valence-electron chi connectivity index (χ3n) is 3.61. The number of nitrogens with zero attached hydrogens (tertiary/aromatic N) is 1. The lowest BCUT2D eigenvalue weighted by Crippen LogP contribution is -2.46. The van der Waals surface area contributed by atoms with Crippen LogP contribution in [-0.4, -0.2) is 43.0 Å². The molecule has 1 aromatic rings. The Morgan fingerprint density at radius 2 is 1.77 bits per heavy atom. The molecule has 0 bridgehead atoms. The molecule has 1 fully saturated rings. The van der Waals surface area contributed by atoms with Gasteiger partial charge >= 0.3 is 0 Å². The zero-order valence-electron chi connectivity index (χ0n) is 12.5. The van der Waals surface area contributed by atoms with Crippen LogP contribution in [0.3, 0.4) is 0 Å². The minimum absolute atomic E-state index is 0.0206. The van der Waals surface area contributed by atoms with E-state index >= 15 is 0 Å². The Bertz CT molecular complexity index is 563. The highest BCUT2D eigenvalue weighted by Gasteiger charge is 2.27. The smallest absolute Gasteiger partial charge is 0.257 e. The van der Waals surface area contributed by atoms with Gasteiger partial charge in [-0.05, 0) is 19.8 Å². The van der Waals surface area contributed by atoms with Gasteiger partial charge < -0.3 is 15.0 Å². The molecular formula is C15H18F2N2O3. The summed E-state index contributed by atoms with van der Waals surface area (Å²) < 4.78 is 32.4. The molecule has 1 N–H and O–H groups in total. The van der Waals surface area contributed by atoms with E-state index in [1.807, 2.05) is 0 Å². The summed E-state index contributed by atoms with van der Waals surface area (Å²) in [6, 6.07) is 1.00. The molecule has 0 radical (unpaired) electrons. The quantitative estimate of drug-likeness (QED) is 0.921. The van der Waals surface area contributed by atoms with Crippen molar-refractivity contribution < 1.29 is 23.1 Å². The first-order valence-electron chi connectivity index (χ1n) is 7.06. The molecule has 1 heterocycles. The molecule has 0 aromatic heterocycles. The van der Waals surface area contributed by atoms with Gasteiger partial charge in [-0.15, -0.1) is 0 Å². The van der Waals surface area contributed by atoms with Crippen molar-refractivity contribution >= 4 is 11.8 Å². The van der Waals surface area contributed by atoms with E-state index in [1.165, 1.54) is 14.0 Å². The van der Waals surface area contributed by atoms with Gasteiger partial charge in [-0.25, -0.2) is 8.78 Å². The fourth-order valence-corrected chi connectivity index (χ4v) is 2.43. The second kappa shape index (κ2) is 6.72. The predicted octanol–water partition coefficient (Wildman–Crippen LogP) is 1.71. The van der Waals surface area contributed by atoms with Gasteiger partial charge in [-0.3, -0.25) is 9.59 Å². The monoisotopic (exact) mass is 312 g/mol. The second-order valence-corrected chi connectivity index (χ2v) is 5.19. The van der Waals surface area contributed by atoms with Crippen LogP contribution in [0.25, 0.3) is 0 Å². The Hall–Kier alpha value is -2.18.